The van der Waals surface area contributed by atoms with Crippen LogP contribution in [0.3, 0.4) is 0 Å². The highest BCUT2D eigenvalue weighted by Crippen LogP contribution is 2.35. The van der Waals surface area contributed by atoms with E-state index in [0.29, 0.717) is 17.0 Å². The van der Waals surface area contributed by atoms with Crippen LogP contribution in [-0.2, 0) is 6.18 Å². The second-order valence-electron chi connectivity index (χ2n) is 4.87. The lowest BCUT2D eigenvalue weighted by molar-refractivity contribution is -0.143. The minimum atomic E-state index is -4.54. The van der Waals surface area contributed by atoms with Crippen LogP contribution in [0.15, 0.2) is 59.6 Å². The number of aromatic nitrogens is 2. The Kier molecular flexibility index (Phi) is 4.89. The first-order valence-corrected chi connectivity index (χ1v) is 8.17. The number of hydrogen-bond acceptors (Lipinski definition) is 4. The van der Waals surface area contributed by atoms with Gasteiger partial charge in [-0.25, -0.2) is 9.97 Å². The van der Waals surface area contributed by atoms with Gasteiger partial charge in [0.05, 0.1) is 17.6 Å². The third kappa shape index (κ3) is 3.97. The van der Waals surface area contributed by atoms with Crippen molar-refractivity contribution in [3.8, 4) is 5.75 Å². The molecule has 0 bridgehead atoms. The molecule has 2 aromatic carbocycles. The monoisotopic (exact) mass is 350 g/mol. The van der Waals surface area contributed by atoms with Gasteiger partial charge in [-0.05, 0) is 24.3 Å². The Morgan fingerprint density at radius 3 is 2.17 bits per heavy atom. The predicted octanol–water partition coefficient (Wildman–Crippen LogP) is 4.82. The van der Waals surface area contributed by atoms with Gasteiger partial charge in [-0.15, -0.1) is 11.8 Å². The number of benzene rings is 2. The lowest BCUT2D eigenvalue weighted by Crippen LogP contribution is -2.12. The summed E-state index contributed by atoms with van der Waals surface area (Å²) in [5.74, 6) is 1.02. The predicted molar refractivity (Wildman–Crippen MR) is 87.2 cm³/mol. The van der Waals surface area contributed by atoms with Crippen molar-refractivity contribution in [1.82, 2.24) is 9.97 Å². The molecule has 3 aromatic rings. The largest absolute Gasteiger partial charge is 0.493 e. The SMILES string of the molecule is FC(F)(F)c1nc2ccccc2nc1SCCOc1ccccc1. The summed E-state index contributed by atoms with van der Waals surface area (Å²) in [7, 11) is 0. The van der Waals surface area contributed by atoms with Crippen LogP contribution in [0.1, 0.15) is 5.69 Å². The molecule has 0 amide bonds. The summed E-state index contributed by atoms with van der Waals surface area (Å²) < 4.78 is 45.1. The van der Waals surface area contributed by atoms with E-state index in [0.717, 1.165) is 11.8 Å². The van der Waals surface area contributed by atoms with Gasteiger partial charge in [-0.1, -0.05) is 30.3 Å². The van der Waals surface area contributed by atoms with Crippen molar-refractivity contribution >= 4 is 22.8 Å². The fourth-order valence-corrected chi connectivity index (χ4v) is 2.90. The molecule has 1 heterocycles. The van der Waals surface area contributed by atoms with Crippen molar-refractivity contribution < 1.29 is 17.9 Å². The molecule has 0 fully saturated rings. The van der Waals surface area contributed by atoms with E-state index in [9.17, 15) is 13.2 Å². The van der Waals surface area contributed by atoms with Gasteiger partial charge in [0.1, 0.15) is 10.8 Å². The van der Waals surface area contributed by atoms with Gasteiger partial charge < -0.3 is 4.74 Å². The molecule has 0 radical (unpaired) electrons. The smallest absolute Gasteiger partial charge is 0.436 e. The highest BCUT2D eigenvalue weighted by molar-refractivity contribution is 7.99. The van der Waals surface area contributed by atoms with Crippen molar-refractivity contribution in [3.63, 3.8) is 0 Å². The Morgan fingerprint density at radius 2 is 1.50 bits per heavy atom. The van der Waals surface area contributed by atoms with E-state index >= 15 is 0 Å². The first-order chi connectivity index (χ1) is 11.5. The quantitative estimate of drug-likeness (QED) is 0.488. The van der Waals surface area contributed by atoms with Crippen LogP contribution in [0.25, 0.3) is 11.0 Å². The zero-order chi connectivity index (χ0) is 17.0. The third-order valence-electron chi connectivity index (χ3n) is 3.14. The zero-order valence-corrected chi connectivity index (χ0v) is 13.3. The highest BCUT2D eigenvalue weighted by atomic mass is 32.2. The number of rotatable bonds is 5. The first-order valence-electron chi connectivity index (χ1n) is 7.19. The van der Waals surface area contributed by atoms with Crippen LogP contribution < -0.4 is 4.74 Å². The maximum absolute atomic E-state index is 13.2. The Morgan fingerprint density at radius 1 is 0.875 bits per heavy atom. The van der Waals surface area contributed by atoms with E-state index in [1.807, 2.05) is 18.2 Å². The van der Waals surface area contributed by atoms with Gasteiger partial charge in [0, 0.05) is 5.75 Å². The molecule has 0 saturated heterocycles. The van der Waals surface area contributed by atoms with Crippen LogP contribution in [0.5, 0.6) is 5.75 Å². The van der Waals surface area contributed by atoms with Gasteiger partial charge in [0.25, 0.3) is 0 Å². The summed E-state index contributed by atoms with van der Waals surface area (Å²) in [5, 5.41) is -0.127. The van der Waals surface area contributed by atoms with Gasteiger partial charge in [-0.2, -0.15) is 13.2 Å². The standard InChI is InChI=1S/C17H13F3N2OS/c18-17(19,20)15-16(22-14-9-5-4-8-13(14)21-15)24-11-10-23-12-6-2-1-3-7-12/h1-9H,10-11H2. The minimum Gasteiger partial charge on any atom is -0.493 e. The zero-order valence-electron chi connectivity index (χ0n) is 12.5. The van der Waals surface area contributed by atoms with E-state index in [1.165, 1.54) is 6.07 Å². The Hall–Kier alpha value is -2.28. The average molecular weight is 350 g/mol. The molecule has 0 spiro atoms. The lowest BCUT2D eigenvalue weighted by Gasteiger charge is -2.12. The van der Waals surface area contributed by atoms with E-state index in [1.54, 1.807) is 30.3 Å². The molecule has 24 heavy (non-hydrogen) atoms. The van der Waals surface area contributed by atoms with E-state index in [4.69, 9.17) is 4.74 Å². The van der Waals surface area contributed by atoms with Crippen molar-refractivity contribution in [2.24, 2.45) is 0 Å². The van der Waals surface area contributed by atoms with Gasteiger partial charge in [-0.3, -0.25) is 0 Å². The number of thioether (sulfide) groups is 1. The van der Waals surface area contributed by atoms with E-state index in [2.05, 4.69) is 9.97 Å². The van der Waals surface area contributed by atoms with Crippen LogP contribution >= 0.6 is 11.8 Å². The van der Waals surface area contributed by atoms with Crippen molar-refractivity contribution in [2.75, 3.05) is 12.4 Å². The lowest BCUT2D eigenvalue weighted by atomic mass is 10.3. The van der Waals surface area contributed by atoms with Gasteiger partial charge in [0.15, 0.2) is 5.69 Å². The number of nitrogens with zero attached hydrogens (tertiary/aromatic N) is 2. The maximum Gasteiger partial charge on any atom is 0.436 e. The molecule has 0 N–H and O–H groups in total. The minimum absolute atomic E-state index is 0.127. The van der Waals surface area contributed by atoms with Crippen molar-refractivity contribution in [2.45, 2.75) is 11.2 Å². The number of hydrogen-bond donors (Lipinski definition) is 0. The second-order valence-corrected chi connectivity index (χ2v) is 5.96. The topological polar surface area (TPSA) is 35.0 Å². The Bertz CT molecular complexity index is 825. The highest BCUT2D eigenvalue weighted by Gasteiger charge is 2.36. The van der Waals surface area contributed by atoms with Crippen LogP contribution in [-0.4, -0.2) is 22.3 Å². The number of fused-ring (bicyclic) bond motifs is 1. The molecule has 3 nitrogen and oxygen atoms in total. The molecule has 0 aliphatic heterocycles. The molecular formula is C17H13F3N2OS. The van der Waals surface area contributed by atoms with Crippen LogP contribution in [0.4, 0.5) is 13.2 Å². The molecule has 7 heteroatoms. The maximum atomic E-state index is 13.2. The average Bonchev–Trinajstić information content (AvgIpc) is 2.58. The van der Waals surface area contributed by atoms with Gasteiger partial charge in [0.2, 0.25) is 0 Å². The molecule has 0 aliphatic rings. The van der Waals surface area contributed by atoms with Crippen LogP contribution in [0, 0.1) is 0 Å². The van der Waals surface area contributed by atoms with E-state index in [-0.39, 0.29) is 17.1 Å². The van der Waals surface area contributed by atoms with Crippen molar-refractivity contribution in [3.05, 3.63) is 60.3 Å². The molecule has 1 aromatic heterocycles. The third-order valence-corrected chi connectivity index (χ3v) is 4.07. The fourth-order valence-electron chi connectivity index (χ4n) is 2.08. The number of alkyl halides is 3. The summed E-state index contributed by atoms with van der Waals surface area (Å²) in [6.45, 7) is 0.278. The van der Waals surface area contributed by atoms with Gasteiger partial charge >= 0.3 is 6.18 Å². The first kappa shape index (κ1) is 16.6. The molecule has 3 rings (SSSR count). The second kappa shape index (κ2) is 7.09. The summed E-state index contributed by atoms with van der Waals surface area (Å²) in [4.78, 5) is 7.85. The Balaban J connectivity index is 1.75. The molecular weight excluding hydrogens is 337 g/mol. The summed E-state index contributed by atoms with van der Waals surface area (Å²) in [6.07, 6.45) is -4.54. The summed E-state index contributed by atoms with van der Waals surface area (Å²) in [5.41, 5.74) is -0.280. The summed E-state index contributed by atoms with van der Waals surface area (Å²) in [6, 6.07) is 15.6. The van der Waals surface area contributed by atoms with E-state index < -0.39 is 11.9 Å². The normalized spacial score (nSPS) is 11.6. The molecule has 0 atom stereocenters. The fraction of sp³-hybridized carbons (Fsp3) is 0.176. The van der Waals surface area contributed by atoms with Crippen LogP contribution in [0.2, 0.25) is 0 Å². The molecule has 0 unspecified atom stereocenters. The van der Waals surface area contributed by atoms with Crippen molar-refractivity contribution in [1.29, 1.82) is 0 Å². The number of halogens is 3. The molecule has 0 aliphatic carbocycles. The Labute approximate surface area is 140 Å². The molecule has 124 valence electrons. The molecule has 0 saturated carbocycles. The number of para-hydroxylation sites is 3. The summed E-state index contributed by atoms with van der Waals surface area (Å²) >= 11 is 0.989. The number of ether oxygens (including phenoxy) is 1.